The molecule has 1 heterocycles. The molecule has 84 valence electrons. The van der Waals surface area contributed by atoms with E-state index in [0.717, 1.165) is 30.4 Å². The highest BCUT2D eigenvalue weighted by Gasteiger charge is 2.11. The Bertz CT molecular complexity index is 384. The summed E-state index contributed by atoms with van der Waals surface area (Å²) in [5.41, 5.74) is 1.97. The van der Waals surface area contributed by atoms with Crippen LogP contribution in [0.4, 0.5) is 0 Å². The number of rotatable bonds is 3. The normalized spacial score (nSPS) is 15.4. The number of aromatic nitrogens is 1. The molecule has 3 heteroatoms. The zero-order chi connectivity index (χ0) is 11.2. The molecule has 0 saturated heterocycles. The Kier molecular flexibility index (Phi) is 3.70. The van der Waals surface area contributed by atoms with Gasteiger partial charge in [0, 0.05) is 24.5 Å². The monoisotopic (exact) mass is 216 g/mol. The molecule has 0 unspecified atom stereocenters. The first kappa shape index (κ1) is 10.9. The zero-order valence-electron chi connectivity index (χ0n) is 9.28. The van der Waals surface area contributed by atoms with Crippen LogP contribution in [0.2, 0.25) is 0 Å². The molecule has 0 bridgehead atoms. The van der Waals surface area contributed by atoms with Gasteiger partial charge in [0.1, 0.15) is 0 Å². The largest absolute Gasteiger partial charge is 0.348 e. The van der Waals surface area contributed by atoms with Crippen LogP contribution in [0.1, 0.15) is 31.2 Å². The maximum absolute atomic E-state index is 11.8. The second kappa shape index (κ2) is 5.45. The molecule has 2 rings (SSSR count). The minimum atomic E-state index is 0.0727. The lowest BCUT2D eigenvalue weighted by Crippen LogP contribution is -2.25. The highest BCUT2D eigenvalue weighted by atomic mass is 16.1. The summed E-state index contributed by atoms with van der Waals surface area (Å²) in [5.74, 6) is 0.0727. The zero-order valence-corrected chi connectivity index (χ0v) is 9.28. The van der Waals surface area contributed by atoms with Crippen molar-refractivity contribution in [3.8, 4) is 0 Å². The van der Waals surface area contributed by atoms with Gasteiger partial charge in [0.05, 0.1) is 0 Å². The van der Waals surface area contributed by atoms with Gasteiger partial charge in [-0.05, 0) is 37.3 Å². The number of allylic oxidation sites excluding steroid dienone is 1. The van der Waals surface area contributed by atoms with E-state index < -0.39 is 0 Å². The van der Waals surface area contributed by atoms with Crippen molar-refractivity contribution < 1.29 is 4.79 Å². The van der Waals surface area contributed by atoms with Crippen molar-refractivity contribution in [1.29, 1.82) is 0 Å². The van der Waals surface area contributed by atoms with E-state index in [0.29, 0.717) is 6.54 Å². The topological polar surface area (TPSA) is 42.0 Å². The SMILES string of the molecule is O=C(NCc1cccnc1)C1=CCCCC1. The van der Waals surface area contributed by atoms with Crippen molar-refractivity contribution in [2.45, 2.75) is 32.2 Å². The lowest BCUT2D eigenvalue weighted by molar-refractivity contribution is -0.117. The van der Waals surface area contributed by atoms with Crippen molar-refractivity contribution in [2.24, 2.45) is 0 Å². The number of hydrogen-bond acceptors (Lipinski definition) is 2. The summed E-state index contributed by atoms with van der Waals surface area (Å²) < 4.78 is 0. The average Bonchev–Trinajstić information content (AvgIpc) is 2.38. The first-order valence-corrected chi connectivity index (χ1v) is 5.72. The van der Waals surface area contributed by atoms with Gasteiger partial charge in [0.15, 0.2) is 0 Å². The molecular formula is C13H16N2O. The van der Waals surface area contributed by atoms with E-state index in [-0.39, 0.29) is 5.91 Å². The number of hydrogen-bond donors (Lipinski definition) is 1. The van der Waals surface area contributed by atoms with Crippen LogP contribution in [0, 0.1) is 0 Å². The molecule has 0 saturated carbocycles. The van der Waals surface area contributed by atoms with Gasteiger partial charge in [0.25, 0.3) is 0 Å². The fourth-order valence-electron chi connectivity index (χ4n) is 1.84. The minimum absolute atomic E-state index is 0.0727. The van der Waals surface area contributed by atoms with Gasteiger partial charge in [-0.2, -0.15) is 0 Å². The van der Waals surface area contributed by atoms with Crippen molar-refractivity contribution in [2.75, 3.05) is 0 Å². The molecule has 1 aromatic heterocycles. The average molecular weight is 216 g/mol. The Balaban J connectivity index is 1.86. The van der Waals surface area contributed by atoms with Gasteiger partial charge in [0.2, 0.25) is 5.91 Å². The van der Waals surface area contributed by atoms with Crippen LogP contribution in [0.25, 0.3) is 0 Å². The predicted octanol–water partition coefficient (Wildman–Crippen LogP) is 2.20. The van der Waals surface area contributed by atoms with Crippen molar-refractivity contribution in [3.05, 3.63) is 41.7 Å². The number of nitrogens with zero attached hydrogens (tertiary/aromatic N) is 1. The molecule has 0 spiro atoms. The standard InChI is InChI=1S/C13H16N2O/c16-13(12-6-2-1-3-7-12)15-10-11-5-4-8-14-9-11/h4-6,8-9H,1-3,7,10H2,(H,15,16). The van der Waals surface area contributed by atoms with Crippen LogP contribution >= 0.6 is 0 Å². The van der Waals surface area contributed by atoms with E-state index in [9.17, 15) is 4.79 Å². The summed E-state index contributed by atoms with van der Waals surface area (Å²) in [6.07, 6.45) is 9.85. The van der Waals surface area contributed by atoms with Crippen LogP contribution in [0.15, 0.2) is 36.2 Å². The molecule has 0 aliphatic heterocycles. The van der Waals surface area contributed by atoms with Gasteiger partial charge >= 0.3 is 0 Å². The van der Waals surface area contributed by atoms with Crippen LogP contribution in [-0.2, 0) is 11.3 Å². The highest BCUT2D eigenvalue weighted by Crippen LogP contribution is 2.17. The molecule has 3 nitrogen and oxygen atoms in total. The Morgan fingerprint density at radius 1 is 1.44 bits per heavy atom. The van der Waals surface area contributed by atoms with Crippen LogP contribution in [-0.4, -0.2) is 10.9 Å². The molecule has 1 aromatic rings. The van der Waals surface area contributed by atoms with Gasteiger partial charge in [-0.1, -0.05) is 12.1 Å². The third kappa shape index (κ3) is 2.92. The fraction of sp³-hybridized carbons (Fsp3) is 0.385. The van der Waals surface area contributed by atoms with Gasteiger partial charge in [-0.3, -0.25) is 9.78 Å². The van der Waals surface area contributed by atoms with E-state index in [1.165, 1.54) is 6.42 Å². The van der Waals surface area contributed by atoms with Crippen molar-refractivity contribution in [3.63, 3.8) is 0 Å². The number of carbonyl (C=O) groups is 1. The molecule has 1 aliphatic carbocycles. The Labute approximate surface area is 95.6 Å². The highest BCUT2D eigenvalue weighted by molar-refractivity contribution is 5.93. The molecule has 1 aliphatic rings. The number of carbonyl (C=O) groups excluding carboxylic acids is 1. The summed E-state index contributed by atoms with van der Waals surface area (Å²) in [5, 5.41) is 2.92. The molecule has 16 heavy (non-hydrogen) atoms. The summed E-state index contributed by atoms with van der Waals surface area (Å²) in [6, 6.07) is 3.84. The smallest absolute Gasteiger partial charge is 0.247 e. The van der Waals surface area contributed by atoms with E-state index in [4.69, 9.17) is 0 Å². The van der Waals surface area contributed by atoms with Crippen molar-refractivity contribution >= 4 is 5.91 Å². The molecule has 0 aromatic carbocycles. The molecule has 1 N–H and O–H groups in total. The summed E-state index contributed by atoms with van der Waals surface area (Å²) >= 11 is 0. The van der Waals surface area contributed by atoms with E-state index >= 15 is 0 Å². The maximum Gasteiger partial charge on any atom is 0.247 e. The van der Waals surface area contributed by atoms with Crippen molar-refractivity contribution in [1.82, 2.24) is 10.3 Å². The first-order chi connectivity index (χ1) is 7.86. The second-order valence-electron chi connectivity index (χ2n) is 4.02. The van der Waals surface area contributed by atoms with E-state index in [2.05, 4.69) is 16.4 Å². The summed E-state index contributed by atoms with van der Waals surface area (Å²) in [7, 11) is 0. The third-order valence-electron chi connectivity index (χ3n) is 2.76. The summed E-state index contributed by atoms with van der Waals surface area (Å²) in [4.78, 5) is 15.8. The molecule has 0 fully saturated rings. The van der Waals surface area contributed by atoms with Crippen LogP contribution < -0.4 is 5.32 Å². The molecule has 0 radical (unpaired) electrons. The Hall–Kier alpha value is -1.64. The molecular weight excluding hydrogens is 200 g/mol. The lowest BCUT2D eigenvalue weighted by Gasteiger charge is -2.12. The number of nitrogens with one attached hydrogen (secondary N) is 1. The fourth-order valence-corrected chi connectivity index (χ4v) is 1.84. The summed E-state index contributed by atoms with van der Waals surface area (Å²) in [6.45, 7) is 0.560. The number of amides is 1. The lowest BCUT2D eigenvalue weighted by atomic mass is 9.99. The van der Waals surface area contributed by atoms with Crippen LogP contribution in [0.5, 0.6) is 0 Å². The van der Waals surface area contributed by atoms with E-state index in [1.807, 2.05) is 12.1 Å². The maximum atomic E-state index is 11.8. The van der Waals surface area contributed by atoms with Gasteiger partial charge in [-0.25, -0.2) is 0 Å². The third-order valence-corrected chi connectivity index (χ3v) is 2.76. The van der Waals surface area contributed by atoms with Crippen LogP contribution in [0.3, 0.4) is 0 Å². The van der Waals surface area contributed by atoms with Gasteiger partial charge < -0.3 is 5.32 Å². The molecule has 0 atom stereocenters. The minimum Gasteiger partial charge on any atom is -0.348 e. The second-order valence-corrected chi connectivity index (χ2v) is 4.02. The van der Waals surface area contributed by atoms with E-state index in [1.54, 1.807) is 12.4 Å². The van der Waals surface area contributed by atoms with Gasteiger partial charge in [-0.15, -0.1) is 0 Å². The quantitative estimate of drug-likeness (QED) is 0.841. The number of pyridine rings is 1. The Morgan fingerprint density at radius 2 is 2.38 bits per heavy atom. The Morgan fingerprint density at radius 3 is 3.06 bits per heavy atom. The molecule has 1 amide bonds. The predicted molar refractivity (Wildman–Crippen MR) is 62.6 cm³/mol. The first-order valence-electron chi connectivity index (χ1n) is 5.72.